The van der Waals surface area contributed by atoms with Crippen molar-refractivity contribution < 1.29 is 4.79 Å². The highest BCUT2D eigenvalue weighted by molar-refractivity contribution is 5.96. The van der Waals surface area contributed by atoms with Crippen LogP contribution in [0.2, 0.25) is 0 Å². The largest absolute Gasteiger partial charge is 0.346 e. The minimum atomic E-state index is -0.179. The Morgan fingerprint density at radius 1 is 1.12 bits per heavy atom. The molecule has 0 unspecified atom stereocenters. The van der Waals surface area contributed by atoms with Gasteiger partial charge in [-0.15, -0.1) is 0 Å². The van der Waals surface area contributed by atoms with Gasteiger partial charge in [-0.25, -0.2) is 0 Å². The lowest BCUT2D eigenvalue weighted by Gasteiger charge is -2.04. The molecule has 4 rings (SSSR count). The molecular weight excluding hydrogens is 316 g/mol. The van der Waals surface area contributed by atoms with Gasteiger partial charge in [-0.2, -0.15) is 10.2 Å². The number of rotatable bonds is 3. The summed E-state index contributed by atoms with van der Waals surface area (Å²) in [6, 6.07) is 7.99. The summed E-state index contributed by atoms with van der Waals surface area (Å²) in [4.78, 5) is 16.8. The van der Waals surface area contributed by atoms with Crippen molar-refractivity contribution in [1.82, 2.24) is 29.9 Å². The Morgan fingerprint density at radius 3 is 2.80 bits per heavy atom. The fourth-order valence-corrected chi connectivity index (χ4v) is 3.00. The summed E-state index contributed by atoms with van der Waals surface area (Å²) >= 11 is 0. The fourth-order valence-electron chi connectivity index (χ4n) is 3.00. The topological polar surface area (TPSA) is 77.6 Å². The van der Waals surface area contributed by atoms with Gasteiger partial charge in [0, 0.05) is 25.7 Å². The summed E-state index contributed by atoms with van der Waals surface area (Å²) < 4.78 is 3.54. The summed E-state index contributed by atoms with van der Waals surface area (Å²) in [5.41, 5.74) is 5.17. The van der Waals surface area contributed by atoms with Crippen LogP contribution in [0.1, 0.15) is 21.6 Å². The quantitative estimate of drug-likeness (QED) is 0.622. The Bertz CT molecular complexity index is 1110. The summed E-state index contributed by atoms with van der Waals surface area (Å²) in [7, 11) is 3.73. The first kappa shape index (κ1) is 15.3. The van der Waals surface area contributed by atoms with Crippen molar-refractivity contribution in [3.8, 4) is 0 Å². The zero-order valence-corrected chi connectivity index (χ0v) is 14.3. The van der Waals surface area contributed by atoms with Crippen molar-refractivity contribution in [1.29, 1.82) is 0 Å². The van der Waals surface area contributed by atoms with E-state index in [-0.39, 0.29) is 5.91 Å². The maximum Gasteiger partial charge on any atom is 0.253 e. The molecule has 0 spiro atoms. The molecule has 0 aliphatic carbocycles. The molecule has 3 heterocycles. The molecule has 7 heteroatoms. The van der Waals surface area contributed by atoms with Crippen LogP contribution < -0.4 is 5.32 Å². The number of amides is 1. The van der Waals surface area contributed by atoms with Gasteiger partial charge in [0.25, 0.3) is 5.91 Å². The number of fused-ring (bicyclic) bond motifs is 2. The lowest BCUT2D eigenvalue weighted by molar-refractivity contribution is 0.0950. The van der Waals surface area contributed by atoms with E-state index in [1.54, 1.807) is 23.1 Å². The number of nitrogens with one attached hydrogen (secondary N) is 1. The summed E-state index contributed by atoms with van der Waals surface area (Å²) in [5.74, 6) is -0.179. The monoisotopic (exact) mass is 334 g/mol. The van der Waals surface area contributed by atoms with Crippen molar-refractivity contribution in [3.63, 3.8) is 0 Å². The number of aryl methyl sites for hydroxylation is 3. The van der Waals surface area contributed by atoms with E-state index in [1.807, 2.05) is 31.8 Å². The maximum absolute atomic E-state index is 12.5. The summed E-state index contributed by atoms with van der Waals surface area (Å²) in [6.45, 7) is 2.41. The number of nitrogens with zero attached hydrogens (tertiary/aromatic N) is 5. The van der Waals surface area contributed by atoms with Crippen LogP contribution in [0, 0.1) is 6.92 Å². The Morgan fingerprint density at radius 2 is 1.96 bits per heavy atom. The predicted molar refractivity (Wildman–Crippen MR) is 95.1 cm³/mol. The molecule has 1 N–H and O–H groups in total. The summed E-state index contributed by atoms with van der Waals surface area (Å²) in [6.07, 6.45) is 3.25. The van der Waals surface area contributed by atoms with Gasteiger partial charge in [0.15, 0.2) is 0 Å². The number of hydrogen-bond acceptors (Lipinski definition) is 4. The first-order valence-electron chi connectivity index (χ1n) is 8.01. The number of hydrogen-bond donors (Lipinski definition) is 1. The molecule has 0 atom stereocenters. The Kier molecular flexibility index (Phi) is 3.49. The molecule has 25 heavy (non-hydrogen) atoms. The van der Waals surface area contributed by atoms with E-state index in [0.717, 1.165) is 27.6 Å². The molecule has 0 radical (unpaired) electrons. The second-order valence-electron chi connectivity index (χ2n) is 6.17. The van der Waals surface area contributed by atoms with Gasteiger partial charge in [-0.05, 0) is 25.1 Å². The van der Waals surface area contributed by atoms with Crippen LogP contribution >= 0.6 is 0 Å². The van der Waals surface area contributed by atoms with Crippen LogP contribution in [0.25, 0.3) is 21.9 Å². The van der Waals surface area contributed by atoms with Crippen molar-refractivity contribution in [3.05, 3.63) is 53.5 Å². The lowest BCUT2D eigenvalue weighted by Crippen LogP contribution is -2.23. The second kappa shape index (κ2) is 5.70. The molecule has 0 bridgehead atoms. The number of carbonyl (C=O) groups is 1. The second-order valence-corrected chi connectivity index (χ2v) is 6.17. The van der Waals surface area contributed by atoms with Crippen LogP contribution in [-0.2, 0) is 20.6 Å². The fraction of sp³-hybridized carbons (Fsp3) is 0.222. The average Bonchev–Trinajstić information content (AvgIpc) is 3.13. The van der Waals surface area contributed by atoms with Gasteiger partial charge in [-0.3, -0.25) is 19.1 Å². The highest BCUT2D eigenvalue weighted by Gasteiger charge is 2.13. The van der Waals surface area contributed by atoms with Crippen molar-refractivity contribution in [2.45, 2.75) is 13.5 Å². The van der Waals surface area contributed by atoms with Crippen molar-refractivity contribution >= 4 is 27.8 Å². The highest BCUT2D eigenvalue weighted by Crippen LogP contribution is 2.19. The third-order valence-electron chi connectivity index (χ3n) is 4.36. The smallest absolute Gasteiger partial charge is 0.253 e. The van der Waals surface area contributed by atoms with Crippen LogP contribution in [0.4, 0.5) is 0 Å². The minimum Gasteiger partial charge on any atom is -0.346 e. The number of aromatic nitrogens is 5. The van der Waals surface area contributed by atoms with E-state index in [1.165, 1.54) is 5.56 Å². The van der Waals surface area contributed by atoms with E-state index in [9.17, 15) is 4.79 Å². The van der Waals surface area contributed by atoms with Gasteiger partial charge in [0.05, 0.1) is 35.0 Å². The highest BCUT2D eigenvalue weighted by atomic mass is 16.1. The predicted octanol–water partition coefficient (Wildman–Crippen LogP) is 2.09. The van der Waals surface area contributed by atoms with Gasteiger partial charge < -0.3 is 5.32 Å². The SMILES string of the molecule is Cc1ccc2c(c1)c(CNC(=O)c1cnc3cnn(C)c3c1)nn2C. The van der Waals surface area contributed by atoms with E-state index >= 15 is 0 Å². The zero-order chi connectivity index (χ0) is 17.6. The zero-order valence-electron chi connectivity index (χ0n) is 14.3. The van der Waals surface area contributed by atoms with Crippen LogP contribution in [0.5, 0.6) is 0 Å². The molecule has 0 saturated heterocycles. The maximum atomic E-state index is 12.5. The molecule has 1 amide bonds. The Labute approximate surface area is 144 Å². The Balaban J connectivity index is 1.59. The molecule has 0 aliphatic rings. The molecule has 126 valence electrons. The van der Waals surface area contributed by atoms with E-state index in [4.69, 9.17) is 0 Å². The molecule has 0 saturated carbocycles. The molecule has 4 aromatic rings. The molecule has 1 aromatic carbocycles. The number of benzene rings is 1. The van der Waals surface area contributed by atoms with Crippen molar-refractivity contribution in [2.75, 3.05) is 0 Å². The van der Waals surface area contributed by atoms with Crippen LogP contribution in [0.15, 0.2) is 36.7 Å². The van der Waals surface area contributed by atoms with Crippen LogP contribution in [-0.4, -0.2) is 30.5 Å². The Hall–Kier alpha value is -3.22. The average molecular weight is 334 g/mol. The van der Waals surface area contributed by atoms with Gasteiger partial charge in [0.1, 0.15) is 5.52 Å². The molecule has 0 fully saturated rings. The van der Waals surface area contributed by atoms with Gasteiger partial charge in [-0.1, -0.05) is 11.6 Å². The summed E-state index contributed by atoms with van der Waals surface area (Å²) in [5, 5.41) is 12.7. The molecule has 3 aromatic heterocycles. The lowest BCUT2D eigenvalue weighted by atomic mass is 10.1. The normalized spacial score (nSPS) is 11.3. The van der Waals surface area contributed by atoms with E-state index < -0.39 is 0 Å². The van der Waals surface area contributed by atoms with Crippen molar-refractivity contribution in [2.24, 2.45) is 14.1 Å². The third kappa shape index (κ3) is 2.63. The molecule has 7 nitrogen and oxygen atoms in total. The van der Waals surface area contributed by atoms with Gasteiger partial charge in [0.2, 0.25) is 0 Å². The first-order chi connectivity index (χ1) is 12.0. The number of pyridine rings is 1. The van der Waals surface area contributed by atoms with Crippen LogP contribution in [0.3, 0.4) is 0 Å². The minimum absolute atomic E-state index is 0.179. The third-order valence-corrected chi connectivity index (χ3v) is 4.36. The van der Waals surface area contributed by atoms with E-state index in [0.29, 0.717) is 12.1 Å². The molecular formula is C18H18N6O. The van der Waals surface area contributed by atoms with Gasteiger partial charge >= 0.3 is 0 Å². The number of carbonyl (C=O) groups excluding carboxylic acids is 1. The standard InChI is InChI=1S/C18H18N6O/c1-11-4-5-16-13(6-11)14(22-24(16)3)9-20-18(25)12-7-17-15(19-8-12)10-21-23(17)2/h4-8,10H,9H2,1-3H3,(H,20,25). The van der Waals surface area contributed by atoms with E-state index in [2.05, 4.69) is 32.6 Å². The first-order valence-corrected chi connectivity index (χ1v) is 8.01. The molecule has 0 aliphatic heterocycles.